The van der Waals surface area contributed by atoms with Gasteiger partial charge < -0.3 is 9.80 Å². The minimum absolute atomic E-state index is 0.00441. The molecule has 1 aliphatic heterocycles. The van der Waals surface area contributed by atoms with Crippen molar-refractivity contribution >= 4 is 44.7 Å². The van der Waals surface area contributed by atoms with E-state index in [2.05, 4.69) is 9.88 Å². The number of piperazine rings is 1. The molecule has 1 saturated heterocycles. The van der Waals surface area contributed by atoms with Crippen molar-refractivity contribution in [3.05, 3.63) is 56.4 Å². The van der Waals surface area contributed by atoms with Crippen LogP contribution in [0.15, 0.2) is 35.4 Å². The normalized spacial score (nSPS) is 16.5. The van der Waals surface area contributed by atoms with E-state index in [1.807, 2.05) is 29.2 Å². The molecule has 3 aromatic rings. The molecule has 1 amide bonds. The van der Waals surface area contributed by atoms with Gasteiger partial charge in [0, 0.05) is 54.7 Å². The highest BCUT2D eigenvalue weighted by Gasteiger charge is 2.23. The van der Waals surface area contributed by atoms with E-state index in [4.69, 9.17) is 11.6 Å². The Hall–Kier alpha value is -2.38. The van der Waals surface area contributed by atoms with Crippen LogP contribution in [-0.4, -0.2) is 46.5 Å². The highest BCUT2D eigenvalue weighted by atomic mass is 35.5. The van der Waals surface area contributed by atoms with Gasteiger partial charge in [-0.15, -0.1) is 11.3 Å². The highest BCUT2D eigenvalue weighted by Crippen LogP contribution is 2.33. The van der Waals surface area contributed by atoms with Gasteiger partial charge in [0.15, 0.2) is 0 Å². The first-order valence-corrected chi connectivity index (χ1v) is 12.1. The molecular formula is C23H25ClN4O2S. The predicted molar refractivity (Wildman–Crippen MR) is 125 cm³/mol. The fourth-order valence-electron chi connectivity index (χ4n) is 4.58. The third kappa shape index (κ3) is 4.08. The summed E-state index contributed by atoms with van der Waals surface area (Å²) in [6.07, 6.45) is 6.27. The molecule has 0 unspecified atom stereocenters. The number of amides is 1. The molecule has 1 fully saturated rings. The summed E-state index contributed by atoms with van der Waals surface area (Å²) in [5.41, 5.74) is 2.33. The minimum atomic E-state index is 0.00441. The number of thiophene rings is 1. The number of fused-ring (bicyclic) bond motifs is 3. The van der Waals surface area contributed by atoms with Crippen LogP contribution in [0.2, 0.25) is 5.02 Å². The quantitative estimate of drug-likeness (QED) is 0.600. The van der Waals surface area contributed by atoms with Crippen LogP contribution in [0.4, 0.5) is 5.69 Å². The molecule has 1 aliphatic carbocycles. The summed E-state index contributed by atoms with van der Waals surface area (Å²) in [5, 5.41) is 1.51. The van der Waals surface area contributed by atoms with Crippen molar-refractivity contribution in [3.8, 4) is 0 Å². The van der Waals surface area contributed by atoms with Crippen molar-refractivity contribution in [2.75, 3.05) is 31.1 Å². The monoisotopic (exact) mass is 456 g/mol. The Bertz CT molecular complexity index is 1160. The molecule has 2 aliphatic rings. The van der Waals surface area contributed by atoms with Crippen LogP contribution in [-0.2, 0) is 24.2 Å². The number of aromatic nitrogens is 2. The van der Waals surface area contributed by atoms with Gasteiger partial charge in [0.25, 0.3) is 5.56 Å². The van der Waals surface area contributed by atoms with Gasteiger partial charge in [-0.1, -0.05) is 11.6 Å². The Morgan fingerprint density at radius 2 is 1.81 bits per heavy atom. The summed E-state index contributed by atoms with van der Waals surface area (Å²) in [7, 11) is 0. The lowest BCUT2D eigenvalue weighted by molar-refractivity contribution is -0.131. The summed E-state index contributed by atoms with van der Waals surface area (Å²) < 4.78 is 1.62. The number of rotatable bonds is 4. The predicted octanol–water partition coefficient (Wildman–Crippen LogP) is 3.73. The van der Waals surface area contributed by atoms with Gasteiger partial charge in [-0.2, -0.15) is 0 Å². The number of hydrogen-bond acceptors (Lipinski definition) is 5. The van der Waals surface area contributed by atoms with E-state index in [1.165, 1.54) is 16.9 Å². The topological polar surface area (TPSA) is 58.4 Å². The fraction of sp³-hybridized carbons (Fsp3) is 0.435. The molecule has 6 nitrogen and oxygen atoms in total. The summed E-state index contributed by atoms with van der Waals surface area (Å²) in [5.74, 6) is 0.0927. The van der Waals surface area contributed by atoms with Gasteiger partial charge in [-0.05, 0) is 55.5 Å². The molecule has 1 aromatic carbocycles. The zero-order chi connectivity index (χ0) is 21.4. The van der Waals surface area contributed by atoms with E-state index in [-0.39, 0.29) is 11.5 Å². The molecule has 5 rings (SSSR count). The van der Waals surface area contributed by atoms with Crippen LogP contribution < -0.4 is 10.5 Å². The number of aryl methyl sites for hydroxylation is 3. The summed E-state index contributed by atoms with van der Waals surface area (Å²) >= 11 is 7.63. The molecule has 0 saturated carbocycles. The molecule has 2 aromatic heterocycles. The molecule has 0 atom stereocenters. The Kier molecular flexibility index (Phi) is 5.71. The number of halogens is 1. The largest absolute Gasteiger partial charge is 0.368 e. The molecule has 31 heavy (non-hydrogen) atoms. The number of hydrogen-bond donors (Lipinski definition) is 0. The molecule has 162 valence electrons. The molecule has 0 radical (unpaired) electrons. The number of nitrogens with zero attached hydrogens (tertiary/aromatic N) is 4. The van der Waals surface area contributed by atoms with Crippen LogP contribution in [0, 0.1) is 0 Å². The first kappa shape index (κ1) is 20.5. The maximum Gasteiger partial charge on any atom is 0.262 e. The zero-order valence-corrected chi connectivity index (χ0v) is 18.9. The molecule has 0 spiro atoms. The lowest BCUT2D eigenvalue weighted by Gasteiger charge is -2.36. The van der Waals surface area contributed by atoms with E-state index in [1.54, 1.807) is 22.2 Å². The van der Waals surface area contributed by atoms with Crippen LogP contribution in [0.3, 0.4) is 0 Å². The third-order valence-electron chi connectivity index (χ3n) is 6.33. The Morgan fingerprint density at radius 1 is 1.06 bits per heavy atom. The average molecular weight is 457 g/mol. The molecule has 8 heteroatoms. The SMILES string of the molecule is O=C(CCn1cnc2sc3c(c2c1=O)CCCC3)N1CCN(c2ccc(Cl)cc2)CC1. The van der Waals surface area contributed by atoms with Gasteiger partial charge in [0.2, 0.25) is 5.91 Å². The Morgan fingerprint density at radius 3 is 2.58 bits per heavy atom. The van der Waals surface area contributed by atoms with Crippen molar-refractivity contribution in [2.24, 2.45) is 0 Å². The summed E-state index contributed by atoms with van der Waals surface area (Å²) in [6, 6.07) is 7.81. The molecule has 3 heterocycles. The van der Waals surface area contributed by atoms with Crippen LogP contribution in [0.25, 0.3) is 10.2 Å². The smallest absolute Gasteiger partial charge is 0.262 e. The number of carbonyl (C=O) groups is 1. The summed E-state index contributed by atoms with van der Waals surface area (Å²) in [4.78, 5) is 36.7. The van der Waals surface area contributed by atoms with Crippen molar-refractivity contribution in [3.63, 3.8) is 0 Å². The molecule has 0 N–H and O–H groups in total. The van der Waals surface area contributed by atoms with Crippen molar-refractivity contribution in [1.82, 2.24) is 14.5 Å². The maximum absolute atomic E-state index is 13.1. The van der Waals surface area contributed by atoms with Gasteiger partial charge in [-0.3, -0.25) is 14.2 Å². The first-order valence-electron chi connectivity index (χ1n) is 10.9. The lowest BCUT2D eigenvalue weighted by Crippen LogP contribution is -2.49. The zero-order valence-electron chi connectivity index (χ0n) is 17.3. The van der Waals surface area contributed by atoms with Crippen molar-refractivity contribution in [1.29, 1.82) is 0 Å². The second-order valence-electron chi connectivity index (χ2n) is 8.23. The first-order chi connectivity index (χ1) is 15.1. The standard InChI is InChI=1S/C23H25ClN4O2S/c24-16-5-7-17(8-6-16)26-11-13-27(14-12-26)20(29)9-10-28-15-25-22-21(23(28)30)18-3-1-2-4-19(18)31-22/h5-8,15H,1-4,9-14H2. The second kappa shape index (κ2) is 8.63. The van der Waals surface area contributed by atoms with Gasteiger partial charge in [-0.25, -0.2) is 4.98 Å². The van der Waals surface area contributed by atoms with Crippen molar-refractivity contribution in [2.45, 2.75) is 38.6 Å². The number of anilines is 1. The maximum atomic E-state index is 13.1. The Labute approximate surface area is 190 Å². The lowest BCUT2D eigenvalue weighted by atomic mass is 9.97. The van der Waals surface area contributed by atoms with Gasteiger partial charge in [0.1, 0.15) is 4.83 Å². The van der Waals surface area contributed by atoms with E-state index in [9.17, 15) is 9.59 Å². The van der Waals surface area contributed by atoms with Gasteiger partial charge in [0.05, 0.1) is 11.7 Å². The van der Waals surface area contributed by atoms with Gasteiger partial charge >= 0.3 is 0 Å². The van der Waals surface area contributed by atoms with Crippen LogP contribution in [0.5, 0.6) is 0 Å². The van der Waals surface area contributed by atoms with Crippen LogP contribution in [0.1, 0.15) is 29.7 Å². The third-order valence-corrected chi connectivity index (χ3v) is 7.78. The molecule has 0 bridgehead atoms. The number of benzene rings is 1. The molecular weight excluding hydrogens is 432 g/mol. The van der Waals surface area contributed by atoms with E-state index >= 15 is 0 Å². The second-order valence-corrected chi connectivity index (χ2v) is 9.75. The number of carbonyl (C=O) groups excluding carboxylic acids is 1. The Balaban J connectivity index is 1.22. The average Bonchev–Trinajstić information content (AvgIpc) is 3.18. The fourth-order valence-corrected chi connectivity index (χ4v) is 5.93. The van der Waals surface area contributed by atoms with E-state index < -0.39 is 0 Å². The van der Waals surface area contributed by atoms with E-state index in [0.717, 1.165) is 53.3 Å². The minimum Gasteiger partial charge on any atom is -0.368 e. The summed E-state index contributed by atoms with van der Waals surface area (Å²) in [6.45, 7) is 3.34. The van der Waals surface area contributed by atoms with Crippen LogP contribution >= 0.6 is 22.9 Å². The van der Waals surface area contributed by atoms with Crippen molar-refractivity contribution < 1.29 is 4.79 Å². The van der Waals surface area contributed by atoms with E-state index in [0.29, 0.717) is 26.1 Å². The highest BCUT2D eigenvalue weighted by molar-refractivity contribution is 7.18.